The number of alkyl halides is 6. The summed E-state index contributed by atoms with van der Waals surface area (Å²) in [6.45, 7) is 0. The lowest BCUT2D eigenvalue weighted by Gasteiger charge is -2.15. The predicted molar refractivity (Wildman–Crippen MR) is 398 cm³/mol. The van der Waals surface area contributed by atoms with Crippen molar-refractivity contribution in [2.75, 3.05) is 0 Å². The van der Waals surface area contributed by atoms with Gasteiger partial charge in [0.15, 0.2) is 11.6 Å². The average Bonchev–Trinajstić information content (AvgIpc) is 1.57. The highest BCUT2D eigenvalue weighted by Gasteiger charge is 2.35. The monoisotopic (exact) mass is 1390 g/mol. The number of rotatable bonds is 9. The lowest BCUT2D eigenvalue weighted by atomic mass is 10.1. The number of fused-ring (bicyclic) bond motifs is 10. The molecular weight excluding hydrogens is 1340 g/mol. The standard InChI is InChI=1S/C43H27F3N4.C22H15BrN2.C21H13F3N2/c44-43(45,46)35-19-8-10-21-40(35)49-25-24-34-38(49)23-22-33-32-18-7-9-20-39(32)50(41(33)34)31-17-11-16-30(26-31)42-47-36(28-12-3-1-4-13-28)27-37(48-42)29-14-5-2-6-15-29;23-19-13-7-12-18(14-19)22-24-20(16-8-3-1-4-9-16)15-21(25-22)17-10-5-2-6-11-17;22-21(23,24)16-6-2-4-8-19(16)26-12-11-15-18(26)10-9-14-13-5-1-3-7-17(13)25-20(14)15/h1-27H;1-15H;1-12,25H. The molecule has 0 spiro atoms. The van der Waals surface area contributed by atoms with Gasteiger partial charge in [-0.3, -0.25) is 0 Å². The van der Waals surface area contributed by atoms with Gasteiger partial charge in [0, 0.05) is 93.8 Å². The molecule has 0 bridgehead atoms. The van der Waals surface area contributed by atoms with Crippen LogP contribution in [-0.4, -0.2) is 38.6 Å². The zero-order chi connectivity index (χ0) is 68.8. The van der Waals surface area contributed by atoms with Crippen LogP contribution in [0.3, 0.4) is 0 Å². The third-order valence-electron chi connectivity index (χ3n) is 18.0. The summed E-state index contributed by atoms with van der Waals surface area (Å²) in [6.07, 6.45) is -5.48. The highest BCUT2D eigenvalue weighted by atomic mass is 79.9. The summed E-state index contributed by atoms with van der Waals surface area (Å²) in [4.78, 5) is 23.1. The lowest BCUT2D eigenvalue weighted by Crippen LogP contribution is -2.10. The van der Waals surface area contributed by atoms with Gasteiger partial charge in [0.1, 0.15) is 0 Å². The van der Waals surface area contributed by atoms with Gasteiger partial charge in [-0.05, 0) is 97.1 Å². The number of hydrogen-bond acceptors (Lipinski definition) is 4. The molecule has 6 heterocycles. The number of benzene rings is 12. The Kier molecular flexibility index (Phi) is 16.6. The van der Waals surface area contributed by atoms with E-state index in [9.17, 15) is 26.3 Å². The van der Waals surface area contributed by atoms with E-state index in [1.165, 1.54) is 24.3 Å². The van der Waals surface area contributed by atoms with Crippen LogP contribution in [0.1, 0.15) is 11.1 Å². The molecule has 15 heteroatoms. The molecular formula is C86H55BrF6N8. The molecule has 0 aliphatic carbocycles. The molecule has 0 unspecified atom stereocenters. The largest absolute Gasteiger partial charge is 0.418 e. The van der Waals surface area contributed by atoms with Gasteiger partial charge in [-0.25, -0.2) is 19.9 Å². The Morgan fingerprint density at radius 2 is 0.723 bits per heavy atom. The van der Waals surface area contributed by atoms with Crippen LogP contribution < -0.4 is 0 Å². The van der Waals surface area contributed by atoms with Crippen molar-refractivity contribution in [2.24, 2.45) is 0 Å². The minimum absolute atomic E-state index is 0.0867. The molecule has 488 valence electrons. The number of nitrogens with zero attached hydrogens (tertiary/aromatic N) is 7. The SMILES string of the molecule is Brc1cccc(-c2nc(-c3ccccc3)cc(-c3ccccc3)n2)c1.FC(F)(F)c1ccccc1-n1ccc2c1ccc1c3ccccc3n(-c3cccc(-c4nc(-c5ccccc5)cc(-c5ccccc5)n4)c3)c12.FC(F)(F)c1ccccc1-n1ccc2c3[nH]c4ccccc4c3ccc21. The number of aromatic nitrogens is 8. The van der Waals surface area contributed by atoms with Gasteiger partial charge < -0.3 is 18.7 Å². The van der Waals surface area contributed by atoms with E-state index in [0.717, 1.165) is 144 Å². The van der Waals surface area contributed by atoms with Gasteiger partial charge in [-0.15, -0.1) is 0 Å². The number of nitrogens with one attached hydrogen (secondary N) is 1. The number of hydrogen-bond donors (Lipinski definition) is 1. The van der Waals surface area contributed by atoms with Crippen LogP contribution in [-0.2, 0) is 12.4 Å². The predicted octanol–water partition coefficient (Wildman–Crippen LogP) is 24.1. The molecule has 101 heavy (non-hydrogen) atoms. The summed E-state index contributed by atoms with van der Waals surface area (Å²) in [5.74, 6) is 1.31. The van der Waals surface area contributed by atoms with E-state index in [4.69, 9.17) is 19.9 Å². The second-order valence-electron chi connectivity index (χ2n) is 24.2. The molecule has 0 saturated heterocycles. The van der Waals surface area contributed by atoms with E-state index in [2.05, 4.69) is 67.9 Å². The lowest BCUT2D eigenvalue weighted by molar-refractivity contribution is -0.138. The molecule has 0 amide bonds. The average molecular weight is 1390 g/mol. The van der Waals surface area contributed by atoms with Gasteiger partial charge in [0.05, 0.1) is 72.9 Å². The first-order valence-electron chi connectivity index (χ1n) is 32.5. The van der Waals surface area contributed by atoms with Gasteiger partial charge in [-0.2, -0.15) is 26.3 Å². The van der Waals surface area contributed by atoms with Crippen LogP contribution in [0.25, 0.3) is 150 Å². The molecule has 12 aromatic carbocycles. The quantitative estimate of drug-likeness (QED) is 0.146. The second-order valence-corrected chi connectivity index (χ2v) is 25.1. The summed E-state index contributed by atoms with van der Waals surface area (Å²) in [7, 11) is 0. The van der Waals surface area contributed by atoms with Crippen molar-refractivity contribution in [3.63, 3.8) is 0 Å². The van der Waals surface area contributed by atoms with Crippen molar-refractivity contribution in [3.8, 4) is 84.9 Å². The Morgan fingerprint density at radius 3 is 1.24 bits per heavy atom. The molecule has 0 aliphatic heterocycles. The first-order valence-corrected chi connectivity index (χ1v) is 33.3. The Morgan fingerprint density at radius 1 is 0.307 bits per heavy atom. The van der Waals surface area contributed by atoms with Crippen molar-refractivity contribution in [1.82, 2.24) is 38.6 Å². The fraction of sp³-hybridized carbons (Fsp3) is 0.0233. The van der Waals surface area contributed by atoms with Crippen LogP contribution in [0.2, 0.25) is 0 Å². The van der Waals surface area contributed by atoms with Gasteiger partial charge in [0.2, 0.25) is 0 Å². The Hall–Kier alpha value is -12.5. The van der Waals surface area contributed by atoms with E-state index in [1.54, 1.807) is 33.7 Å². The van der Waals surface area contributed by atoms with Crippen LogP contribution in [0.5, 0.6) is 0 Å². The van der Waals surface area contributed by atoms with E-state index in [1.807, 2.05) is 224 Å². The minimum Gasteiger partial charge on any atom is -0.354 e. The molecule has 0 fully saturated rings. The molecule has 0 aliphatic rings. The molecule has 8 nitrogen and oxygen atoms in total. The third kappa shape index (κ3) is 12.4. The zero-order valence-corrected chi connectivity index (χ0v) is 55.0. The van der Waals surface area contributed by atoms with Crippen LogP contribution >= 0.6 is 15.9 Å². The van der Waals surface area contributed by atoms with Crippen molar-refractivity contribution >= 4 is 81.3 Å². The van der Waals surface area contributed by atoms with Crippen molar-refractivity contribution in [1.29, 1.82) is 0 Å². The summed E-state index contributed by atoms with van der Waals surface area (Å²) >= 11 is 3.53. The summed E-state index contributed by atoms with van der Waals surface area (Å²) in [6, 6.07) is 99.8. The number of halogens is 7. The van der Waals surface area contributed by atoms with Crippen LogP contribution in [0.15, 0.2) is 332 Å². The fourth-order valence-electron chi connectivity index (χ4n) is 13.3. The molecule has 6 aromatic heterocycles. The second kappa shape index (κ2) is 26.4. The number of H-pyrrole nitrogens is 1. The fourth-order valence-corrected chi connectivity index (χ4v) is 13.7. The first kappa shape index (κ1) is 63.3. The van der Waals surface area contributed by atoms with Gasteiger partial charge in [-0.1, -0.05) is 234 Å². The zero-order valence-electron chi connectivity index (χ0n) is 53.5. The highest BCUT2D eigenvalue weighted by molar-refractivity contribution is 9.10. The number of para-hydroxylation sites is 4. The highest BCUT2D eigenvalue weighted by Crippen LogP contribution is 2.43. The maximum absolute atomic E-state index is 14.1. The van der Waals surface area contributed by atoms with Crippen LogP contribution in [0.4, 0.5) is 26.3 Å². The maximum Gasteiger partial charge on any atom is 0.418 e. The van der Waals surface area contributed by atoms with E-state index >= 15 is 0 Å². The van der Waals surface area contributed by atoms with Crippen molar-refractivity contribution in [2.45, 2.75) is 12.4 Å². The Labute approximate surface area is 583 Å². The van der Waals surface area contributed by atoms with E-state index in [-0.39, 0.29) is 11.4 Å². The normalized spacial score (nSPS) is 11.7. The minimum atomic E-state index is -4.49. The summed E-state index contributed by atoms with van der Waals surface area (Å²) in [5.41, 5.74) is 14.5. The molecule has 0 atom stereocenters. The summed E-state index contributed by atoms with van der Waals surface area (Å²) < 4.78 is 89.0. The first-order chi connectivity index (χ1) is 49.3. The Balaban J connectivity index is 0.000000130. The summed E-state index contributed by atoms with van der Waals surface area (Å²) in [5, 5.41) is 5.97. The van der Waals surface area contributed by atoms with E-state index in [0.29, 0.717) is 11.3 Å². The van der Waals surface area contributed by atoms with Crippen molar-refractivity contribution in [3.05, 3.63) is 343 Å². The van der Waals surface area contributed by atoms with E-state index < -0.39 is 23.5 Å². The molecule has 1 N–H and O–H groups in total. The van der Waals surface area contributed by atoms with Gasteiger partial charge >= 0.3 is 12.4 Å². The molecule has 0 saturated carbocycles. The van der Waals surface area contributed by atoms with Crippen LogP contribution in [0, 0.1) is 0 Å². The number of aromatic amines is 1. The van der Waals surface area contributed by atoms with Crippen molar-refractivity contribution < 1.29 is 26.3 Å². The molecule has 18 rings (SSSR count). The Bertz CT molecular complexity index is 5970. The van der Waals surface area contributed by atoms with Gasteiger partial charge in [0.25, 0.3) is 0 Å². The molecule has 0 radical (unpaired) electrons. The third-order valence-corrected chi connectivity index (χ3v) is 18.5. The molecule has 18 aromatic rings. The maximum atomic E-state index is 14.1. The smallest absolute Gasteiger partial charge is 0.354 e. The topological polar surface area (TPSA) is 82.1 Å².